The smallest absolute Gasteiger partial charge is 0.276 e. The number of nitrogens with one attached hydrogen (secondary N) is 1. The summed E-state index contributed by atoms with van der Waals surface area (Å²) in [5, 5.41) is 7.66. The molecule has 4 heterocycles. The van der Waals surface area contributed by atoms with Crippen molar-refractivity contribution in [2.24, 2.45) is 7.05 Å². The molecule has 12 nitrogen and oxygen atoms in total. The average molecular weight is 509 g/mol. The number of piperazine rings is 1. The van der Waals surface area contributed by atoms with E-state index in [9.17, 15) is 19.2 Å². The molecule has 2 aliphatic heterocycles. The van der Waals surface area contributed by atoms with E-state index in [1.54, 1.807) is 47.5 Å². The van der Waals surface area contributed by atoms with Crippen LogP contribution in [0, 0.1) is 13.8 Å². The summed E-state index contributed by atoms with van der Waals surface area (Å²) >= 11 is 0. The van der Waals surface area contributed by atoms with Crippen LogP contribution in [-0.2, 0) is 21.4 Å². The molecule has 0 spiro atoms. The van der Waals surface area contributed by atoms with E-state index in [0.717, 1.165) is 5.39 Å². The lowest BCUT2D eigenvalue weighted by Crippen LogP contribution is -2.51. The highest BCUT2D eigenvalue weighted by Crippen LogP contribution is 2.34. The van der Waals surface area contributed by atoms with Crippen molar-refractivity contribution in [3.63, 3.8) is 0 Å². The molecule has 1 atom stereocenters. The van der Waals surface area contributed by atoms with Crippen molar-refractivity contribution in [3.05, 3.63) is 41.2 Å². The molecule has 0 aliphatic carbocycles. The predicted molar refractivity (Wildman–Crippen MR) is 130 cm³/mol. The number of benzene rings is 1. The number of aromatic nitrogens is 3. The number of hydrogen-bond acceptors (Lipinski definition) is 8. The number of rotatable bonds is 5. The molecule has 2 aromatic heterocycles. The molecule has 3 aromatic rings. The second-order valence-electron chi connectivity index (χ2n) is 9.26. The summed E-state index contributed by atoms with van der Waals surface area (Å²) in [5.74, 6) is -0.148. The van der Waals surface area contributed by atoms with Gasteiger partial charge in [0.05, 0.1) is 11.6 Å². The Morgan fingerprint density at radius 2 is 1.86 bits per heavy atom. The second kappa shape index (κ2) is 9.68. The normalized spacial score (nSPS) is 18.3. The molecule has 5 rings (SSSR count). The number of hydrogen-bond donors (Lipinski definition) is 1. The van der Waals surface area contributed by atoms with Crippen molar-refractivity contribution in [2.75, 3.05) is 32.8 Å². The summed E-state index contributed by atoms with van der Waals surface area (Å²) in [6.45, 7) is 4.79. The van der Waals surface area contributed by atoms with E-state index in [4.69, 9.17) is 9.15 Å². The molecular formula is C25H28N6O6. The summed E-state index contributed by atoms with van der Waals surface area (Å²) in [6, 6.07) is 5.39. The first-order chi connectivity index (χ1) is 17.7. The predicted octanol–water partition coefficient (Wildman–Crippen LogP) is 1.06. The van der Waals surface area contributed by atoms with Gasteiger partial charge >= 0.3 is 0 Å². The standard InChI is InChI=1S/C25H28N6O6/c1-14-21(26-15(2)37-14)25(35)31-11-9-30(10-12-31)20(33)13-36-18-6-4-5-16-22(28-29(3)23(16)18)17-7-8-19(32)27-24(17)34/h4-6,17H,7-13H2,1-3H3,(H,27,32,34). The molecule has 12 heteroatoms. The quantitative estimate of drug-likeness (QED) is 0.505. The largest absolute Gasteiger partial charge is 0.481 e. The van der Waals surface area contributed by atoms with Crippen LogP contribution in [0.4, 0.5) is 0 Å². The van der Waals surface area contributed by atoms with E-state index in [2.05, 4.69) is 15.4 Å². The molecule has 2 aliphatic rings. The molecule has 1 aromatic carbocycles. The third kappa shape index (κ3) is 4.66. The van der Waals surface area contributed by atoms with Gasteiger partial charge in [-0.3, -0.25) is 29.2 Å². The monoisotopic (exact) mass is 508 g/mol. The number of imide groups is 1. The van der Waals surface area contributed by atoms with E-state index in [1.807, 2.05) is 6.07 Å². The van der Waals surface area contributed by atoms with Gasteiger partial charge in [0, 0.05) is 52.0 Å². The van der Waals surface area contributed by atoms with E-state index in [0.29, 0.717) is 66.9 Å². The molecule has 37 heavy (non-hydrogen) atoms. The third-order valence-electron chi connectivity index (χ3n) is 6.80. The van der Waals surface area contributed by atoms with Crippen molar-refractivity contribution in [1.29, 1.82) is 0 Å². The zero-order chi connectivity index (χ0) is 26.3. The topological polar surface area (TPSA) is 140 Å². The molecule has 4 amide bonds. The van der Waals surface area contributed by atoms with Crippen molar-refractivity contribution < 1.29 is 28.3 Å². The Kier molecular flexibility index (Phi) is 6.40. The van der Waals surface area contributed by atoms with Gasteiger partial charge in [0.1, 0.15) is 17.0 Å². The van der Waals surface area contributed by atoms with Crippen LogP contribution in [0.2, 0.25) is 0 Å². The number of ether oxygens (including phenoxy) is 1. The van der Waals surface area contributed by atoms with E-state index in [-0.39, 0.29) is 36.7 Å². The van der Waals surface area contributed by atoms with E-state index >= 15 is 0 Å². The fourth-order valence-corrected chi connectivity index (χ4v) is 4.92. The fraction of sp³-hybridized carbons (Fsp3) is 0.440. The van der Waals surface area contributed by atoms with Gasteiger partial charge in [-0.25, -0.2) is 4.98 Å². The first-order valence-electron chi connectivity index (χ1n) is 12.2. The van der Waals surface area contributed by atoms with E-state index in [1.165, 1.54) is 0 Å². The maximum atomic E-state index is 12.9. The molecule has 0 saturated carbocycles. The lowest BCUT2D eigenvalue weighted by Gasteiger charge is -2.34. The minimum absolute atomic E-state index is 0.173. The average Bonchev–Trinajstić information content (AvgIpc) is 3.40. The summed E-state index contributed by atoms with van der Waals surface area (Å²) in [7, 11) is 1.75. The molecule has 2 fully saturated rings. The van der Waals surface area contributed by atoms with Crippen LogP contribution < -0.4 is 10.1 Å². The van der Waals surface area contributed by atoms with Crippen LogP contribution in [0.3, 0.4) is 0 Å². The van der Waals surface area contributed by atoms with E-state index < -0.39 is 5.92 Å². The number of amides is 4. The number of nitrogens with zero attached hydrogens (tertiary/aromatic N) is 5. The minimum atomic E-state index is -0.526. The van der Waals surface area contributed by atoms with Crippen LogP contribution in [0.15, 0.2) is 22.6 Å². The Morgan fingerprint density at radius 1 is 1.14 bits per heavy atom. The number of aryl methyl sites for hydroxylation is 3. The van der Waals surface area contributed by atoms with Gasteiger partial charge < -0.3 is 19.0 Å². The molecule has 1 unspecified atom stereocenters. The van der Waals surface area contributed by atoms with Crippen LogP contribution in [0.1, 0.15) is 46.6 Å². The van der Waals surface area contributed by atoms with Gasteiger partial charge in [-0.05, 0) is 19.4 Å². The second-order valence-corrected chi connectivity index (χ2v) is 9.26. The van der Waals surface area contributed by atoms with Gasteiger partial charge in [0.15, 0.2) is 18.2 Å². The maximum absolute atomic E-state index is 12.9. The fourth-order valence-electron chi connectivity index (χ4n) is 4.92. The molecule has 1 N–H and O–H groups in total. The number of carbonyl (C=O) groups is 4. The highest BCUT2D eigenvalue weighted by Gasteiger charge is 2.32. The maximum Gasteiger partial charge on any atom is 0.276 e. The first-order valence-corrected chi connectivity index (χ1v) is 12.2. The van der Waals surface area contributed by atoms with Crippen LogP contribution >= 0.6 is 0 Å². The minimum Gasteiger partial charge on any atom is -0.481 e. The Labute approximate surface area is 212 Å². The summed E-state index contributed by atoms with van der Waals surface area (Å²) in [5.41, 5.74) is 1.56. The third-order valence-corrected chi connectivity index (χ3v) is 6.80. The lowest BCUT2D eigenvalue weighted by molar-refractivity contribution is -0.135. The number of piperidine rings is 1. The molecule has 194 valence electrons. The van der Waals surface area contributed by atoms with Crippen molar-refractivity contribution in [2.45, 2.75) is 32.6 Å². The molecule has 0 bridgehead atoms. The summed E-state index contributed by atoms with van der Waals surface area (Å²) in [6.07, 6.45) is 0.653. The van der Waals surface area contributed by atoms with Crippen LogP contribution in [0.5, 0.6) is 5.75 Å². The van der Waals surface area contributed by atoms with Gasteiger partial charge in [-0.1, -0.05) is 12.1 Å². The van der Waals surface area contributed by atoms with Gasteiger partial charge in [-0.15, -0.1) is 0 Å². The number of fused-ring (bicyclic) bond motifs is 1. The van der Waals surface area contributed by atoms with Crippen molar-refractivity contribution in [3.8, 4) is 5.75 Å². The highest BCUT2D eigenvalue weighted by molar-refractivity contribution is 6.03. The Hall–Kier alpha value is -4.22. The molecule has 2 saturated heterocycles. The number of para-hydroxylation sites is 1. The van der Waals surface area contributed by atoms with Gasteiger partial charge in [0.2, 0.25) is 11.8 Å². The summed E-state index contributed by atoms with van der Waals surface area (Å²) in [4.78, 5) is 57.1. The zero-order valence-electron chi connectivity index (χ0n) is 20.9. The Balaban J connectivity index is 1.23. The Bertz CT molecular complexity index is 1400. The first kappa shape index (κ1) is 24.5. The number of carbonyl (C=O) groups excluding carboxylic acids is 4. The highest BCUT2D eigenvalue weighted by atomic mass is 16.5. The van der Waals surface area contributed by atoms with Gasteiger partial charge in [0.25, 0.3) is 11.8 Å². The molecular weight excluding hydrogens is 480 g/mol. The van der Waals surface area contributed by atoms with Crippen LogP contribution in [0.25, 0.3) is 10.9 Å². The van der Waals surface area contributed by atoms with Gasteiger partial charge in [-0.2, -0.15) is 5.10 Å². The zero-order valence-corrected chi connectivity index (χ0v) is 20.9. The van der Waals surface area contributed by atoms with Crippen LogP contribution in [-0.4, -0.2) is 81.0 Å². The lowest BCUT2D eigenvalue weighted by atomic mass is 9.93. The summed E-state index contributed by atoms with van der Waals surface area (Å²) < 4.78 is 12.9. The van der Waals surface area contributed by atoms with Crippen molar-refractivity contribution >= 4 is 34.5 Å². The number of oxazole rings is 1. The SMILES string of the molecule is Cc1nc(C(=O)N2CCN(C(=O)COc3cccc4c(C5CCC(=O)NC5=O)nn(C)c34)CC2)c(C)o1. The van der Waals surface area contributed by atoms with Crippen molar-refractivity contribution in [1.82, 2.24) is 29.9 Å². The molecule has 0 radical (unpaired) electrons. The Morgan fingerprint density at radius 3 is 2.54 bits per heavy atom.